The molecule has 4 rings (SSSR count). The Bertz CT molecular complexity index is 1280. The molecule has 3 aromatic rings. The van der Waals surface area contributed by atoms with E-state index in [9.17, 15) is 9.59 Å². The van der Waals surface area contributed by atoms with Gasteiger partial charge in [-0.25, -0.2) is 0 Å². The first-order valence-corrected chi connectivity index (χ1v) is 11.8. The van der Waals surface area contributed by atoms with Crippen molar-refractivity contribution in [3.05, 3.63) is 107 Å². The van der Waals surface area contributed by atoms with E-state index in [2.05, 4.69) is 16.2 Å². The van der Waals surface area contributed by atoms with Gasteiger partial charge in [0, 0.05) is 11.1 Å². The zero-order chi connectivity index (χ0) is 25.3. The summed E-state index contributed by atoms with van der Waals surface area (Å²) < 4.78 is 10.9. The molecule has 0 saturated carbocycles. The normalized spacial score (nSPS) is 12.3. The highest BCUT2D eigenvalue weighted by Crippen LogP contribution is 2.28. The van der Waals surface area contributed by atoms with Crippen molar-refractivity contribution in [3.63, 3.8) is 0 Å². The maximum absolute atomic E-state index is 13.2. The maximum atomic E-state index is 13.2. The Kier molecular flexibility index (Phi) is 8.03. The van der Waals surface area contributed by atoms with Gasteiger partial charge < -0.3 is 14.8 Å². The maximum Gasteiger partial charge on any atom is 0.286 e. The molecule has 2 amide bonds. The minimum Gasteiger partial charge on any atom is -0.497 e. The van der Waals surface area contributed by atoms with Gasteiger partial charge in [0.15, 0.2) is 0 Å². The molecule has 3 N–H and O–H groups in total. The summed E-state index contributed by atoms with van der Waals surface area (Å²) in [5.41, 5.74) is 9.88. The van der Waals surface area contributed by atoms with Crippen molar-refractivity contribution in [2.45, 2.75) is 19.8 Å². The van der Waals surface area contributed by atoms with Crippen LogP contribution in [0.5, 0.6) is 11.5 Å². The molecule has 0 aliphatic heterocycles. The van der Waals surface area contributed by atoms with Gasteiger partial charge in [0.05, 0.1) is 19.4 Å². The van der Waals surface area contributed by atoms with Crippen molar-refractivity contribution >= 4 is 23.6 Å². The zero-order valence-corrected chi connectivity index (χ0v) is 20.3. The molecule has 1 aliphatic rings. The van der Waals surface area contributed by atoms with Crippen LogP contribution < -0.4 is 25.6 Å². The molecule has 0 atom stereocenters. The van der Waals surface area contributed by atoms with E-state index in [1.165, 1.54) is 0 Å². The molecule has 3 aromatic carbocycles. The van der Waals surface area contributed by atoms with E-state index in [-0.39, 0.29) is 11.6 Å². The number of amides is 2. The fourth-order valence-corrected chi connectivity index (χ4v) is 3.75. The number of allylic oxidation sites excluding steroid dienone is 1. The third kappa shape index (κ3) is 6.13. The molecule has 0 saturated heterocycles. The number of hydrogen-bond acceptors (Lipinski definition) is 5. The minimum atomic E-state index is -0.478. The lowest BCUT2D eigenvalue weighted by molar-refractivity contribution is -0.118. The highest BCUT2D eigenvalue weighted by atomic mass is 16.5. The monoisotopic (exact) mass is 483 g/mol. The molecular formula is C29H29N3O4. The third-order valence-electron chi connectivity index (χ3n) is 5.63. The number of hydrazine groups is 1. The van der Waals surface area contributed by atoms with E-state index in [0.717, 1.165) is 46.7 Å². The van der Waals surface area contributed by atoms with Crippen molar-refractivity contribution in [1.29, 1.82) is 0 Å². The minimum absolute atomic E-state index is 0.104. The Morgan fingerprint density at radius 1 is 0.972 bits per heavy atom. The summed E-state index contributed by atoms with van der Waals surface area (Å²) in [5, 5.41) is 2.74. The molecule has 7 nitrogen and oxygen atoms in total. The summed E-state index contributed by atoms with van der Waals surface area (Å²) >= 11 is 0. The lowest BCUT2D eigenvalue weighted by Gasteiger charge is -2.14. The summed E-state index contributed by atoms with van der Waals surface area (Å²) in [6.45, 7) is 2.68. The number of fused-ring (bicyclic) bond motifs is 1. The van der Waals surface area contributed by atoms with Gasteiger partial charge in [-0.3, -0.25) is 20.4 Å². The second-order valence-corrected chi connectivity index (χ2v) is 8.22. The smallest absolute Gasteiger partial charge is 0.286 e. The Balaban J connectivity index is 1.50. The first kappa shape index (κ1) is 24.6. The molecule has 0 fully saturated rings. The summed E-state index contributed by atoms with van der Waals surface area (Å²) in [6.07, 6.45) is 5.26. The van der Waals surface area contributed by atoms with Crippen LogP contribution in [-0.4, -0.2) is 25.5 Å². The van der Waals surface area contributed by atoms with Gasteiger partial charge in [0.1, 0.15) is 17.2 Å². The molecule has 0 bridgehead atoms. The van der Waals surface area contributed by atoms with E-state index < -0.39 is 5.91 Å². The number of nitrogens with one attached hydrogen (secondary N) is 3. The molecule has 1 aliphatic carbocycles. The van der Waals surface area contributed by atoms with E-state index >= 15 is 0 Å². The topological polar surface area (TPSA) is 88.7 Å². The molecule has 184 valence electrons. The van der Waals surface area contributed by atoms with E-state index in [1.807, 2.05) is 61.5 Å². The van der Waals surface area contributed by atoms with Crippen LogP contribution in [0, 0.1) is 0 Å². The van der Waals surface area contributed by atoms with Gasteiger partial charge in [-0.1, -0.05) is 43.3 Å². The molecule has 0 spiro atoms. The van der Waals surface area contributed by atoms with E-state index in [0.29, 0.717) is 12.2 Å². The van der Waals surface area contributed by atoms with Crippen LogP contribution in [0.4, 0.5) is 0 Å². The lowest BCUT2D eigenvalue weighted by Crippen LogP contribution is -2.41. The number of benzene rings is 3. The first-order chi connectivity index (χ1) is 17.6. The Morgan fingerprint density at radius 3 is 2.44 bits per heavy atom. The predicted octanol–water partition coefficient (Wildman–Crippen LogP) is 4.47. The van der Waals surface area contributed by atoms with Gasteiger partial charge in [-0.2, -0.15) is 0 Å². The number of carbonyl (C=O) groups excluding carboxylic acids is 2. The van der Waals surface area contributed by atoms with Crippen LogP contribution in [0.2, 0.25) is 0 Å². The lowest BCUT2D eigenvalue weighted by atomic mass is 10.1. The van der Waals surface area contributed by atoms with Crippen LogP contribution in [-0.2, 0) is 11.2 Å². The molecule has 0 unspecified atom stereocenters. The Morgan fingerprint density at radius 2 is 1.72 bits per heavy atom. The van der Waals surface area contributed by atoms with Gasteiger partial charge in [0.2, 0.25) is 0 Å². The standard InChI is InChI=1S/C29H29N3O4/c1-3-17-36-23-12-9-20(10-13-23)18-27(30-28(33)21-7-5-4-6-8-21)29(34)32-31-26-16-11-22-19-24(35-2)14-15-25(22)26/h4-10,12-16,18-19,31H,3,11,17H2,1-2H3,(H,30,33)(H,32,34). The number of carbonyl (C=O) groups is 2. The van der Waals surface area contributed by atoms with Crippen molar-refractivity contribution in [3.8, 4) is 11.5 Å². The quantitative estimate of drug-likeness (QED) is 0.292. The zero-order valence-electron chi connectivity index (χ0n) is 20.3. The summed E-state index contributed by atoms with van der Waals surface area (Å²) in [6, 6.07) is 21.9. The Hall–Kier alpha value is -4.52. The van der Waals surface area contributed by atoms with Crippen molar-refractivity contribution in [2.24, 2.45) is 0 Å². The first-order valence-electron chi connectivity index (χ1n) is 11.8. The highest BCUT2D eigenvalue weighted by Gasteiger charge is 2.18. The van der Waals surface area contributed by atoms with E-state index in [1.54, 1.807) is 37.5 Å². The summed E-state index contributed by atoms with van der Waals surface area (Å²) in [5.74, 6) is 0.678. The molecule has 0 heterocycles. The van der Waals surface area contributed by atoms with E-state index in [4.69, 9.17) is 9.47 Å². The molecular weight excluding hydrogens is 454 g/mol. The van der Waals surface area contributed by atoms with Crippen LogP contribution in [0.25, 0.3) is 11.8 Å². The third-order valence-corrected chi connectivity index (χ3v) is 5.63. The average Bonchev–Trinajstić information content (AvgIpc) is 3.33. The molecule has 0 radical (unpaired) electrons. The van der Waals surface area contributed by atoms with Gasteiger partial charge in [-0.15, -0.1) is 0 Å². The number of rotatable bonds is 10. The summed E-state index contributed by atoms with van der Waals surface area (Å²) in [7, 11) is 1.63. The van der Waals surface area contributed by atoms with Crippen LogP contribution >= 0.6 is 0 Å². The van der Waals surface area contributed by atoms with Crippen molar-refractivity contribution < 1.29 is 19.1 Å². The Labute approximate surface area is 210 Å². The SMILES string of the molecule is CCCOc1ccc(C=C(NC(=O)c2ccccc2)C(=O)NNC2=CCc3cc(OC)ccc32)cc1. The number of ether oxygens (including phenoxy) is 2. The predicted molar refractivity (Wildman–Crippen MR) is 140 cm³/mol. The van der Waals surface area contributed by atoms with Crippen LogP contribution in [0.3, 0.4) is 0 Å². The summed E-state index contributed by atoms with van der Waals surface area (Å²) in [4.78, 5) is 26.0. The second-order valence-electron chi connectivity index (χ2n) is 8.22. The molecule has 0 aromatic heterocycles. The largest absolute Gasteiger partial charge is 0.497 e. The highest BCUT2D eigenvalue weighted by molar-refractivity contribution is 6.05. The fourth-order valence-electron chi connectivity index (χ4n) is 3.75. The second kappa shape index (κ2) is 11.8. The van der Waals surface area contributed by atoms with Gasteiger partial charge in [-0.05, 0) is 72.5 Å². The van der Waals surface area contributed by atoms with Gasteiger partial charge in [0.25, 0.3) is 11.8 Å². The number of methoxy groups -OCH3 is 1. The van der Waals surface area contributed by atoms with Crippen LogP contribution in [0.1, 0.15) is 40.4 Å². The number of hydrogen-bond donors (Lipinski definition) is 3. The van der Waals surface area contributed by atoms with Crippen molar-refractivity contribution in [2.75, 3.05) is 13.7 Å². The average molecular weight is 484 g/mol. The van der Waals surface area contributed by atoms with Crippen molar-refractivity contribution in [1.82, 2.24) is 16.2 Å². The van der Waals surface area contributed by atoms with Gasteiger partial charge >= 0.3 is 0 Å². The molecule has 36 heavy (non-hydrogen) atoms. The fraction of sp³-hybridized carbons (Fsp3) is 0.172. The van der Waals surface area contributed by atoms with Crippen LogP contribution in [0.15, 0.2) is 84.6 Å². The molecule has 7 heteroatoms.